The Bertz CT molecular complexity index is 1320. The van der Waals surface area contributed by atoms with Gasteiger partial charge in [0.05, 0.1) is 15.4 Å². The van der Waals surface area contributed by atoms with Crippen LogP contribution in [0.25, 0.3) is 22.4 Å². The zero-order chi connectivity index (χ0) is 22.1. The lowest BCUT2D eigenvalue weighted by molar-refractivity contribution is 0.0983. The normalized spacial score (nSPS) is 13.8. The molecule has 0 bridgehead atoms. The second-order valence-electron chi connectivity index (χ2n) is 8.17. The first-order chi connectivity index (χ1) is 15.6. The van der Waals surface area contributed by atoms with Gasteiger partial charge < -0.3 is 0 Å². The van der Waals surface area contributed by atoms with Gasteiger partial charge in [-0.05, 0) is 66.1 Å². The quantitative estimate of drug-likeness (QED) is 0.249. The maximum absolute atomic E-state index is 12.8. The van der Waals surface area contributed by atoms with Crippen LogP contribution >= 0.6 is 34.5 Å². The van der Waals surface area contributed by atoms with Gasteiger partial charge in [0.2, 0.25) is 0 Å². The Labute approximate surface area is 201 Å². The predicted octanol–water partition coefficient (Wildman–Crippen LogP) is 8.47. The molecule has 2 aromatic carbocycles. The number of rotatable bonds is 7. The second-order valence-corrected chi connectivity index (χ2v) is 10.2. The van der Waals surface area contributed by atoms with Crippen molar-refractivity contribution in [3.8, 4) is 0 Å². The van der Waals surface area contributed by atoms with E-state index in [1.165, 1.54) is 35.3 Å². The van der Waals surface area contributed by atoms with E-state index in [-0.39, 0.29) is 5.78 Å². The Balaban J connectivity index is 1.25. The summed E-state index contributed by atoms with van der Waals surface area (Å²) in [6.07, 6.45) is 7.77. The van der Waals surface area contributed by atoms with Gasteiger partial charge in [0.25, 0.3) is 0 Å². The smallest absolute Gasteiger partial charge is 0.163 e. The van der Waals surface area contributed by atoms with Crippen LogP contribution in [0, 0.1) is 0 Å². The summed E-state index contributed by atoms with van der Waals surface area (Å²) < 4.78 is 1.52. The van der Waals surface area contributed by atoms with Crippen LogP contribution in [0.3, 0.4) is 0 Å². The van der Waals surface area contributed by atoms with E-state index in [0.717, 1.165) is 39.4 Å². The molecule has 0 radical (unpaired) electrons. The van der Waals surface area contributed by atoms with E-state index in [4.69, 9.17) is 23.2 Å². The van der Waals surface area contributed by atoms with E-state index in [1.54, 1.807) is 0 Å². The lowest BCUT2D eigenvalue weighted by Crippen LogP contribution is -2.01. The maximum Gasteiger partial charge on any atom is 0.163 e. The van der Waals surface area contributed by atoms with E-state index >= 15 is 0 Å². The van der Waals surface area contributed by atoms with Gasteiger partial charge in [0, 0.05) is 12.0 Å². The average molecular weight is 478 g/mol. The van der Waals surface area contributed by atoms with Gasteiger partial charge in [-0.25, -0.2) is 4.98 Å². The molecule has 1 aliphatic carbocycles. The molecule has 0 atom stereocenters. The lowest BCUT2D eigenvalue weighted by Gasteiger charge is -2.05. The van der Waals surface area contributed by atoms with Gasteiger partial charge in [-0.3, -0.25) is 4.79 Å². The Morgan fingerprint density at radius 1 is 1.03 bits per heavy atom. The number of Topliss-reactive ketones (excluding diaryl/α,β-unsaturated/α-hetero) is 1. The molecule has 32 heavy (non-hydrogen) atoms. The Hall–Kier alpha value is -2.46. The van der Waals surface area contributed by atoms with Crippen LogP contribution in [-0.2, 0) is 6.42 Å². The van der Waals surface area contributed by atoms with Crippen molar-refractivity contribution < 1.29 is 4.79 Å². The third-order valence-corrected chi connectivity index (χ3v) is 7.71. The van der Waals surface area contributed by atoms with Gasteiger partial charge in [-0.2, -0.15) is 0 Å². The monoisotopic (exact) mass is 477 g/mol. The fourth-order valence-corrected chi connectivity index (χ4v) is 5.22. The van der Waals surface area contributed by atoms with Gasteiger partial charge >= 0.3 is 0 Å². The van der Waals surface area contributed by atoms with Crippen molar-refractivity contribution in [2.75, 3.05) is 0 Å². The molecule has 160 valence electrons. The number of pyridine rings is 1. The highest BCUT2D eigenvalue weighted by molar-refractivity contribution is 7.23. The number of carbonyl (C=O) groups excluding carboxylic acids is 1. The third-order valence-electron chi connectivity index (χ3n) is 5.78. The number of benzene rings is 2. The van der Waals surface area contributed by atoms with Crippen LogP contribution in [0.15, 0.2) is 60.7 Å². The Kier molecular flexibility index (Phi) is 6.14. The molecule has 2 nitrogen and oxygen atoms in total. The number of ketones is 1. The van der Waals surface area contributed by atoms with E-state index in [2.05, 4.69) is 29.2 Å². The highest BCUT2D eigenvalue weighted by Crippen LogP contribution is 2.40. The minimum atomic E-state index is 0.158. The number of fused-ring (bicyclic) bond motifs is 1. The molecule has 2 heterocycles. The summed E-state index contributed by atoms with van der Waals surface area (Å²) in [4.78, 5) is 17.3. The lowest BCUT2D eigenvalue weighted by atomic mass is 10.00. The minimum absolute atomic E-state index is 0.158. The molecule has 4 aromatic rings. The molecule has 0 unspecified atom stereocenters. The molecule has 0 aliphatic heterocycles. The largest absolute Gasteiger partial charge is 0.294 e. The van der Waals surface area contributed by atoms with Crippen molar-refractivity contribution in [2.24, 2.45) is 0 Å². The van der Waals surface area contributed by atoms with E-state index in [0.29, 0.717) is 15.8 Å². The number of aromatic nitrogens is 1. The average Bonchev–Trinajstić information content (AvgIpc) is 3.63. The summed E-state index contributed by atoms with van der Waals surface area (Å²) in [6, 6.07) is 20.4. The molecule has 0 amide bonds. The molecule has 1 aliphatic rings. The number of nitrogens with zero attached hydrogens (tertiary/aromatic N) is 1. The van der Waals surface area contributed by atoms with E-state index < -0.39 is 0 Å². The molecular formula is C27H21Cl2NOS. The van der Waals surface area contributed by atoms with E-state index in [1.807, 2.05) is 48.6 Å². The Morgan fingerprint density at radius 3 is 2.62 bits per heavy atom. The zero-order valence-corrected chi connectivity index (χ0v) is 19.7. The molecule has 1 saturated carbocycles. The first-order valence-corrected chi connectivity index (χ1v) is 12.3. The van der Waals surface area contributed by atoms with Gasteiger partial charge in [0.1, 0.15) is 9.85 Å². The molecule has 5 heteroatoms. The third kappa shape index (κ3) is 4.80. The molecule has 2 aromatic heterocycles. The van der Waals surface area contributed by atoms with Crippen LogP contribution in [0.4, 0.5) is 0 Å². The molecule has 0 N–H and O–H groups in total. The molecular weight excluding hydrogens is 457 g/mol. The van der Waals surface area contributed by atoms with E-state index in [9.17, 15) is 4.79 Å². The molecule has 0 spiro atoms. The zero-order valence-electron chi connectivity index (χ0n) is 17.4. The molecule has 0 saturated heterocycles. The van der Waals surface area contributed by atoms with Crippen molar-refractivity contribution in [2.45, 2.75) is 31.6 Å². The topological polar surface area (TPSA) is 30.0 Å². The van der Waals surface area contributed by atoms with Crippen LogP contribution in [0.5, 0.6) is 0 Å². The van der Waals surface area contributed by atoms with Crippen LogP contribution in [0.2, 0.25) is 9.36 Å². The molecule has 1 fully saturated rings. The minimum Gasteiger partial charge on any atom is -0.294 e. The first-order valence-electron chi connectivity index (χ1n) is 10.7. The summed E-state index contributed by atoms with van der Waals surface area (Å²) in [5.74, 6) is 0.921. The van der Waals surface area contributed by atoms with Crippen LogP contribution in [0.1, 0.15) is 57.9 Å². The summed E-state index contributed by atoms with van der Waals surface area (Å²) >= 11 is 13.8. The number of aryl methyl sites for hydroxylation is 1. The number of thiophene rings is 1. The summed E-state index contributed by atoms with van der Waals surface area (Å²) in [5, 5.41) is 0.497. The van der Waals surface area contributed by atoms with Crippen molar-refractivity contribution in [1.29, 1.82) is 0 Å². The highest BCUT2D eigenvalue weighted by atomic mass is 35.5. The van der Waals surface area contributed by atoms with Crippen molar-refractivity contribution in [3.63, 3.8) is 0 Å². The standard InChI is InChI=1S/C27H21Cl2NOS/c28-25-26-24(32-27(25)29)15-13-22(30-26)12-6-18-2-1-3-21(16-18)23(31)14-7-17-4-8-19(9-5-17)20-10-11-20/h1-6,8-9,12-13,15-16,20H,7,10-11,14H2/b12-6+. The summed E-state index contributed by atoms with van der Waals surface area (Å²) in [5.41, 5.74) is 5.85. The SMILES string of the molecule is O=C(CCc1ccc(C2CC2)cc1)c1cccc(/C=C/c2ccc3sc(Cl)c(Cl)c3n2)c1. The summed E-state index contributed by atoms with van der Waals surface area (Å²) in [6.45, 7) is 0. The fourth-order valence-electron chi connectivity index (χ4n) is 3.80. The fraction of sp³-hybridized carbons (Fsp3) is 0.185. The number of halogens is 2. The number of hydrogen-bond donors (Lipinski definition) is 0. The van der Waals surface area contributed by atoms with Crippen molar-refractivity contribution in [1.82, 2.24) is 4.98 Å². The first kappa shape index (κ1) is 21.4. The number of hydrogen-bond acceptors (Lipinski definition) is 3. The number of carbonyl (C=O) groups is 1. The van der Waals surface area contributed by atoms with Gasteiger partial charge in [0.15, 0.2) is 5.78 Å². The van der Waals surface area contributed by atoms with Crippen molar-refractivity contribution >= 4 is 62.7 Å². The highest BCUT2D eigenvalue weighted by Gasteiger charge is 2.22. The van der Waals surface area contributed by atoms with Crippen molar-refractivity contribution in [3.05, 3.63) is 98.0 Å². The Morgan fingerprint density at radius 2 is 1.84 bits per heavy atom. The van der Waals surface area contributed by atoms with Gasteiger partial charge in [-0.15, -0.1) is 11.3 Å². The van der Waals surface area contributed by atoms with Crippen LogP contribution < -0.4 is 0 Å². The summed E-state index contributed by atoms with van der Waals surface area (Å²) in [7, 11) is 0. The van der Waals surface area contributed by atoms with Crippen LogP contribution in [-0.4, -0.2) is 10.8 Å². The molecule has 5 rings (SSSR count). The second kappa shape index (κ2) is 9.19. The van der Waals surface area contributed by atoms with Gasteiger partial charge in [-0.1, -0.05) is 71.7 Å². The predicted molar refractivity (Wildman–Crippen MR) is 136 cm³/mol. The maximum atomic E-state index is 12.8.